The number of aryl methyl sites for hydroxylation is 2. The number of imidazole rings is 1. The SMILES string of the molecule is Cc1ccc(S(=O)(=O)n2cc(-c3nc(-c4cccc([C@]5(O)CCn6ccnc65)c4)cs3)c3cc(Cl)cnc32)cc1. The molecule has 6 aromatic rings. The summed E-state index contributed by atoms with van der Waals surface area (Å²) in [7, 11) is -3.92. The molecule has 1 aliphatic heterocycles. The van der Waals surface area contributed by atoms with Crippen molar-refractivity contribution < 1.29 is 13.5 Å². The van der Waals surface area contributed by atoms with Crippen molar-refractivity contribution in [1.29, 1.82) is 0 Å². The summed E-state index contributed by atoms with van der Waals surface area (Å²) in [5, 5.41) is 15.0. The molecule has 0 radical (unpaired) electrons. The summed E-state index contributed by atoms with van der Waals surface area (Å²) in [6.45, 7) is 2.60. The average Bonchev–Trinajstić information content (AvgIpc) is 3.74. The third-order valence-electron chi connectivity index (χ3n) is 7.33. The van der Waals surface area contributed by atoms with Gasteiger partial charge in [-0.2, -0.15) is 0 Å². The minimum atomic E-state index is -3.92. The zero-order valence-electron chi connectivity index (χ0n) is 21.2. The Morgan fingerprint density at radius 2 is 1.93 bits per heavy atom. The molecular formula is C29H22ClN5O3S2. The number of aromatic nitrogens is 5. The molecule has 1 atom stereocenters. The van der Waals surface area contributed by atoms with Crippen LogP contribution in [0.1, 0.15) is 23.4 Å². The summed E-state index contributed by atoms with van der Waals surface area (Å²) in [6.07, 6.45) is 7.12. The molecule has 7 rings (SSSR count). The zero-order chi connectivity index (χ0) is 27.6. The first-order valence-electron chi connectivity index (χ1n) is 12.5. The topological polar surface area (TPSA) is 103 Å². The molecule has 0 aliphatic carbocycles. The van der Waals surface area contributed by atoms with Crippen molar-refractivity contribution in [3.63, 3.8) is 0 Å². The van der Waals surface area contributed by atoms with Crippen LogP contribution in [0.2, 0.25) is 5.02 Å². The number of fused-ring (bicyclic) bond motifs is 2. The van der Waals surface area contributed by atoms with Gasteiger partial charge >= 0.3 is 0 Å². The molecule has 4 aromatic heterocycles. The van der Waals surface area contributed by atoms with E-state index in [0.717, 1.165) is 16.7 Å². The van der Waals surface area contributed by atoms with Crippen molar-refractivity contribution in [3.05, 3.63) is 107 Å². The van der Waals surface area contributed by atoms with Gasteiger partial charge in [-0.05, 0) is 36.8 Å². The Labute approximate surface area is 239 Å². The predicted molar refractivity (Wildman–Crippen MR) is 155 cm³/mol. The second-order valence-electron chi connectivity index (χ2n) is 9.85. The molecule has 1 N–H and O–H groups in total. The summed E-state index contributed by atoms with van der Waals surface area (Å²) in [4.78, 5) is 13.8. The number of benzene rings is 2. The maximum Gasteiger partial charge on any atom is 0.269 e. The monoisotopic (exact) mass is 587 g/mol. The minimum absolute atomic E-state index is 0.167. The first kappa shape index (κ1) is 25.2. The number of hydrogen-bond acceptors (Lipinski definition) is 7. The van der Waals surface area contributed by atoms with Crippen LogP contribution in [0, 0.1) is 6.92 Å². The van der Waals surface area contributed by atoms with Crippen LogP contribution in [0.15, 0.2) is 89.7 Å². The van der Waals surface area contributed by atoms with Crippen LogP contribution in [0.25, 0.3) is 32.9 Å². The highest BCUT2D eigenvalue weighted by molar-refractivity contribution is 7.90. The fourth-order valence-corrected chi connectivity index (χ4v) is 7.55. The van der Waals surface area contributed by atoms with E-state index in [0.29, 0.717) is 45.5 Å². The van der Waals surface area contributed by atoms with E-state index in [9.17, 15) is 13.5 Å². The van der Waals surface area contributed by atoms with E-state index >= 15 is 0 Å². The quantitative estimate of drug-likeness (QED) is 0.271. The van der Waals surface area contributed by atoms with Crippen LogP contribution in [0.3, 0.4) is 0 Å². The number of halogens is 1. The van der Waals surface area contributed by atoms with Gasteiger partial charge in [-0.3, -0.25) is 0 Å². The molecule has 0 spiro atoms. The summed E-state index contributed by atoms with van der Waals surface area (Å²) >= 11 is 7.69. The highest BCUT2D eigenvalue weighted by Crippen LogP contribution is 2.40. The van der Waals surface area contributed by atoms with Crippen LogP contribution in [0.5, 0.6) is 0 Å². The van der Waals surface area contributed by atoms with Gasteiger partial charge < -0.3 is 9.67 Å². The average molecular weight is 588 g/mol. The fourth-order valence-electron chi connectivity index (χ4n) is 5.22. The Morgan fingerprint density at radius 1 is 1.10 bits per heavy atom. The van der Waals surface area contributed by atoms with E-state index < -0.39 is 15.6 Å². The molecule has 0 unspecified atom stereocenters. The maximum atomic E-state index is 13.6. The smallest absolute Gasteiger partial charge is 0.269 e. The molecule has 11 heteroatoms. The van der Waals surface area contributed by atoms with Crippen molar-refractivity contribution in [2.24, 2.45) is 0 Å². The van der Waals surface area contributed by atoms with Crippen LogP contribution in [-0.2, 0) is 22.2 Å². The molecule has 0 fully saturated rings. The van der Waals surface area contributed by atoms with Gasteiger partial charge in [0.15, 0.2) is 5.65 Å². The van der Waals surface area contributed by atoms with Crippen LogP contribution in [0.4, 0.5) is 0 Å². The lowest BCUT2D eigenvalue weighted by atomic mass is 9.90. The lowest BCUT2D eigenvalue weighted by Crippen LogP contribution is -2.25. The van der Waals surface area contributed by atoms with Gasteiger partial charge in [-0.1, -0.05) is 47.5 Å². The Bertz CT molecular complexity index is 2030. The number of hydrogen-bond donors (Lipinski definition) is 1. The Kier molecular flexibility index (Phi) is 5.72. The Hall–Kier alpha value is -3.83. The number of aliphatic hydroxyl groups is 1. The first-order chi connectivity index (χ1) is 19.2. The van der Waals surface area contributed by atoms with Crippen LogP contribution in [-0.4, -0.2) is 37.0 Å². The zero-order valence-corrected chi connectivity index (χ0v) is 23.6. The third kappa shape index (κ3) is 3.90. The highest BCUT2D eigenvalue weighted by atomic mass is 35.5. The summed E-state index contributed by atoms with van der Waals surface area (Å²) < 4.78 is 30.4. The molecule has 0 saturated heterocycles. The normalized spacial score (nSPS) is 17.0. The number of rotatable bonds is 5. The molecule has 2 aromatic carbocycles. The van der Waals surface area contributed by atoms with Crippen molar-refractivity contribution in [2.45, 2.75) is 30.4 Å². The Balaban J connectivity index is 1.31. The highest BCUT2D eigenvalue weighted by Gasteiger charge is 2.40. The molecule has 5 heterocycles. The van der Waals surface area contributed by atoms with Gasteiger partial charge in [-0.15, -0.1) is 11.3 Å². The van der Waals surface area contributed by atoms with E-state index in [1.54, 1.807) is 42.7 Å². The van der Waals surface area contributed by atoms with E-state index in [4.69, 9.17) is 16.6 Å². The molecule has 200 valence electrons. The Morgan fingerprint density at radius 3 is 2.75 bits per heavy atom. The van der Waals surface area contributed by atoms with E-state index in [1.807, 2.05) is 47.3 Å². The van der Waals surface area contributed by atoms with Gasteiger partial charge in [0.05, 0.1) is 15.6 Å². The molecule has 40 heavy (non-hydrogen) atoms. The summed E-state index contributed by atoms with van der Waals surface area (Å²) in [6, 6.07) is 16.1. The molecule has 0 bridgehead atoms. The van der Waals surface area contributed by atoms with Crippen LogP contribution >= 0.6 is 22.9 Å². The predicted octanol–water partition coefficient (Wildman–Crippen LogP) is 5.86. The van der Waals surface area contributed by atoms with E-state index in [-0.39, 0.29) is 10.5 Å². The summed E-state index contributed by atoms with van der Waals surface area (Å²) in [5.74, 6) is 0.635. The fraction of sp³-hybridized carbons (Fsp3) is 0.138. The van der Waals surface area contributed by atoms with Crippen molar-refractivity contribution in [1.82, 2.24) is 23.5 Å². The molecular weight excluding hydrogens is 566 g/mol. The number of thiazole rings is 1. The lowest BCUT2D eigenvalue weighted by molar-refractivity contribution is 0.0786. The van der Waals surface area contributed by atoms with Crippen molar-refractivity contribution >= 4 is 44.0 Å². The molecule has 1 aliphatic rings. The standard InChI is InChI=1S/C29H22ClN5O3S2/c1-18-5-7-22(8-6-18)40(37,38)35-16-24(23-14-21(30)15-32-26(23)35)27-33-25(17-39-27)19-3-2-4-20(13-19)29(36)9-11-34-12-10-31-28(29)34/h2-8,10,12-17,36H,9,11H2,1H3/t29-/m1/s1. The molecule has 0 saturated carbocycles. The number of nitrogens with zero attached hydrogens (tertiary/aromatic N) is 5. The van der Waals surface area contributed by atoms with Gasteiger partial charge in [0.1, 0.15) is 16.4 Å². The molecule has 0 amide bonds. The number of pyridine rings is 1. The van der Waals surface area contributed by atoms with Gasteiger partial charge in [-0.25, -0.2) is 27.3 Å². The van der Waals surface area contributed by atoms with Crippen molar-refractivity contribution in [3.8, 4) is 21.8 Å². The van der Waals surface area contributed by atoms with Gasteiger partial charge in [0.2, 0.25) is 0 Å². The van der Waals surface area contributed by atoms with Gasteiger partial charge in [0, 0.05) is 59.6 Å². The van der Waals surface area contributed by atoms with E-state index in [2.05, 4.69) is 9.97 Å². The maximum absolute atomic E-state index is 13.6. The summed E-state index contributed by atoms with van der Waals surface area (Å²) in [5.41, 5.74) is 2.99. The van der Waals surface area contributed by atoms with Gasteiger partial charge in [0.25, 0.3) is 10.0 Å². The largest absolute Gasteiger partial charge is 0.377 e. The lowest BCUT2D eigenvalue weighted by Gasteiger charge is -2.22. The third-order valence-corrected chi connectivity index (χ3v) is 10.1. The first-order valence-corrected chi connectivity index (χ1v) is 15.2. The second-order valence-corrected chi connectivity index (χ2v) is 13.0. The molecule has 8 nitrogen and oxygen atoms in total. The van der Waals surface area contributed by atoms with Crippen LogP contribution < -0.4 is 0 Å². The minimum Gasteiger partial charge on any atom is -0.377 e. The van der Waals surface area contributed by atoms with E-state index in [1.165, 1.54) is 21.5 Å². The van der Waals surface area contributed by atoms with Crippen molar-refractivity contribution in [2.75, 3.05) is 0 Å². The second kappa shape index (κ2) is 9.10.